The first-order valence-electron chi connectivity index (χ1n) is 9.72. The van der Waals surface area contributed by atoms with Crippen LogP contribution in [0.2, 0.25) is 0 Å². The molecule has 0 atom stereocenters. The van der Waals surface area contributed by atoms with Gasteiger partial charge in [-0.2, -0.15) is 0 Å². The van der Waals surface area contributed by atoms with E-state index in [1.165, 1.54) is 17.8 Å². The van der Waals surface area contributed by atoms with Gasteiger partial charge < -0.3 is 4.74 Å². The molecule has 152 valence electrons. The number of nitrogens with zero attached hydrogens (tertiary/aromatic N) is 4. The van der Waals surface area contributed by atoms with Crippen LogP contribution in [0.15, 0.2) is 78.1 Å². The van der Waals surface area contributed by atoms with Crippen LogP contribution in [0.4, 0.5) is 4.39 Å². The number of ether oxygens (including phenoxy) is 1. The number of benzene rings is 2. The van der Waals surface area contributed by atoms with Gasteiger partial charge in [0.2, 0.25) is 0 Å². The molecule has 4 aromatic rings. The molecule has 0 radical (unpaired) electrons. The first kappa shape index (κ1) is 20.1. The predicted molar refractivity (Wildman–Crippen MR) is 117 cm³/mol. The summed E-state index contributed by atoms with van der Waals surface area (Å²) < 4.78 is 22.0. The molecule has 0 unspecified atom stereocenters. The molecule has 0 aliphatic carbocycles. The van der Waals surface area contributed by atoms with E-state index in [0.29, 0.717) is 23.3 Å². The second-order valence-electron chi connectivity index (χ2n) is 6.47. The average Bonchev–Trinajstić information content (AvgIpc) is 3.19. The van der Waals surface area contributed by atoms with E-state index in [9.17, 15) is 4.39 Å². The number of aromatic nitrogens is 4. The number of pyridine rings is 1. The van der Waals surface area contributed by atoms with Gasteiger partial charge >= 0.3 is 0 Å². The summed E-state index contributed by atoms with van der Waals surface area (Å²) in [5.41, 5.74) is 2.27. The molecule has 0 saturated heterocycles. The van der Waals surface area contributed by atoms with Gasteiger partial charge in [-0.3, -0.25) is 9.55 Å². The summed E-state index contributed by atoms with van der Waals surface area (Å²) in [4.78, 5) is 4.35. The molecule has 2 aromatic heterocycles. The maximum Gasteiger partial charge on any atom is 0.196 e. The van der Waals surface area contributed by atoms with Crippen LogP contribution in [-0.2, 0) is 6.42 Å². The average molecular weight is 421 g/mol. The van der Waals surface area contributed by atoms with Crippen molar-refractivity contribution in [3.8, 4) is 22.8 Å². The summed E-state index contributed by atoms with van der Waals surface area (Å²) >= 11 is 1.53. The standard InChI is InChI=1S/C23H21FN4OS/c1-2-29-19-12-10-17(11-13-19)22-26-27-23(28(22)21-9-4-3-8-20(21)24)30-16-14-18-7-5-6-15-25-18/h3-13,15H,2,14,16H2,1H3. The van der Waals surface area contributed by atoms with Crippen molar-refractivity contribution < 1.29 is 9.13 Å². The summed E-state index contributed by atoms with van der Waals surface area (Å²) in [6.07, 6.45) is 2.57. The zero-order valence-corrected chi connectivity index (χ0v) is 17.3. The Hall–Kier alpha value is -3.19. The van der Waals surface area contributed by atoms with Crippen LogP contribution in [0, 0.1) is 5.82 Å². The van der Waals surface area contributed by atoms with Crippen molar-refractivity contribution in [2.75, 3.05) is 12.4 Å². The number of aryl methyl sites for hydroxylation is 1. The molecule has 0 spiro atoms. The SMILES string of the molecule is CCOc1ccc(-c2nnc(SCCc3ccccn3)n2-c2ccccc2F)cc1. The number of hydrogen-bond acceptors (Lipinski definition) is 5. The van der Waals surface area contributed by atoms with Gasteiger partial charge in [0.25, 0.3) is 0 Å². The first-order chi connectivity index (χ1) is 14.8. The fourth-order valence-electron chi connectivity index (χ4n) is 3.06. The van der Waals surface area contributed by atoms with Crippen LogP contribution in [0.5, 0.6) is 5.75 Å². The van der Waals surface area contributed by atoms with Gasteiger partial charge in [-0.1, -0.05) is 30.0 Å². The Labute approximate surface area is 179 Å². The van der Waals surface area contributed by atoms with Gasteiger partial charge in [-0.25, -0.2) is 4.39 Å². The highest BCUT2D eigenvalue weighted by atomic mass is 32.2. The summed E-state index contributed by atoms with van der Waals surface area (Å²) in [5.74, 6) is 1.80. The third-order valence-corrected chi connectivity index (χ3v) is 5.40. The molecule has 7 heteroatoms. The lowest BCUT2D eigenvalue weighted by Crippen LogP contribution is -2.03. The van der Waals surface area contributed by atoms with Gasteiger partial charge in [-0.15, -0.1) is 10.2 Å². The second-order valence-corrected chi connectivity index (χ2v) is 7.53. The number of thioether (sulfide) groups is 1. The fraction of sp³-hybridized carbons (Fsp3) is 0.174. The molecule has 0 fully saturated rings. The summed E-state index contributed by atoms with van der Waals surface area (Å²) in [7, 11) is 0. The van der Waals surface area contributed by atoms with Crippen LogP contribution in [0.1, 0.15) is 12.6 Å². The quantitative estimate of drug-likeness (QED) is 0.367. The third kappa shape index (κ3) is 4.52. The maximum atomic E-state index is 14.7. The Morgan fingerprint density at radius 1 is 0.967 bits per heavy atom. The van der Waals surface area contributed by atoms with Gasteiger partial charge in [0.15, 0.2) is 11.0 Å². The zero-order valence-electron chi connectivity index (χ0n) is 16.5. The number of halogens is 1. The molecular weight excluding hydrogens is 399 g/mol. The van der Waals surface area contributed by atoms with Crippen molar-refractivity contribution in [3.05, 3.63) is 84.4 Å². The van der Waals surface area contributed by atoms with Crippen molar-refractivity contribution in [1.82, 2.24) is 19.7 Å². The number of hydrogen-bond donors (Lipinski definition) is 0. The molecule has 0 bridgehead atoms. The second kappa shape index (κ2) is 9.54. The van der Waals surface area contributed by atoms with Crippen molar-refractivity contribution in [2.45, 2.75) is 18.5 Å². The van der Waals surface area contributed by atoms with E-state index in [1.807, 2.05) is 55.5 Å². The van der Waals surface area contributed by atoms with E-state index in [4.69, 9.17) is 4.74 Å². The summed E-state index contributed by atoms with van der Waals surface area (Å²) in [6, 6.07) is 20.1. The van der Waals surface area contributed by atoms with E-state index in [2.05, 4.69) is 15.2 Å². The third-order valence-electron chi connectivity index (χ3n) is 4.47. The highest BCUT2D eigenvalue weighted by molar-refractivity contribution is 7.99. The maximum absolute atomic E-state index is 14.7. The topological polar surface area (TPSA) is 52.8 Å². The minimum Gasteiger partial charge on any atom is -0.494 e. The van der Waals surface area contributed by atoms with E-state index in [0.717, 1.165) is 29.2 Å². The van der Waals surface area contributed by atoms with Crippen LogP contribution in [-0.4, -0.2) is 32.1 Å². The molecule has 4 rings (SSSR count). The number of para-hydroxylation sites is 1. The molecule has 5 nitrogen and oxygen atoms in total. The van der Waals surface area contributed by atoms with Crippen LogP contribution < -0.4 is 4.74 Å². The molecule has 30 heavy (non-hydrogen) atoms. The minimum absolute atomic E-state index is 0.323. The van der Waals surface area contributed by atoms with Crippen LogP contribution in [0.3, 0.4) is 0 Å². The molecular formula is C23H21FN4OS. The Morgan fingerprint density at radius 3 is 2.50 bits per heavy atom. The van der Waals surface area contributed by atoms with Crippen LogP contribution in [0.25, 0.3) is 17.1 Å². The van der Waals surface area contributed by atoms with Gasteiger partial charge in [0.05, 0.1) is 12.3 Å². The lowest BCUT2D eigenvalue weighted by molar-refractivity contribution is 0.340. The van der Waals surface area contributed by atoms with E-state index < -0.39 is 0 Å². The minimum atomic E-state index is -0.323. The molecule has 0 aliphatic rings. The molecule has 2 aromatic carbocycles. The normalized spacial score (nSPS) is 10.9. The van der Waals surface area contributed by atoms with Crippen molar-refractivity contribution >= 4 is 11.8 Å². The Kier molecular flexibility index (Phi) is 6.39. The van der Waals surface area contributed by atoms with E-state index in [-0.39, 0.29) is 5.82 Å². The van der Waals surface area contributed by atoms with Crippen molar-refractivity contribution in [1.29, 1.82) is 0 Å². The molecule has 0 saturated carbocycles. The molecule has 0 aliphatic heterocycles. The van der Waals surface area contributed by atoms with Gasteiger partial charge in [0.1, 0.15) is 11.6 Å². The largest absolute Gasteiger partial charge is 0.494 e. The lowest BCUT2D eigenvalue weighted by atomic mass is 10.2. The smallest absolute Gasteiger partial charge is 0.196 e. The highest BCUT2D eigenvalue weighted by Gasteiger charge is 2.18. The van der Waals surface area contributed by atoms with Gasteiger partial charge in [0, 0.05) is 23.2 Å². The predicted octanol–water partition coefficient (Wildman–Crippen LogP) is 5.20. The Morgan fingerprint density at radius 2 is 1.77 bits per heavy atom. The van der Waals surface area contributed by atoms with Crippen molar-refractivity contribution in [3.63, 3.8) is 0 Å². The van der Waals surface area contributed by atoms with Gasteiger partial charge in [-0.05, 0) is 61.9 Å². The summed E-state index contributed by atoms with van der Waals surface area (Å²) in [6.45, 7) is 2.54. The van der Waals surface area contributed by atoms with Crippen molar-refractivity contribution in [2.24, 2.45) is 0 Å². The van der Waals surface area contributed by atoms with E-state index in [1.54, 1.807) is 22.9 Å². The Bertz CT molecular complexity index is 1100. The summed E-state index contributed by atoms with van der Waals surface area (Å²) in [5, 5.41) is 9.37. The molecule has 2 heterocycles. The first-order valence-corrected chi connectivity index (χ1v) is 10.7. The molecule has 0 amide bonds. The Balaban J connectivity index is 1.66. The zero-order chi connectivity index (χ0) is 20.8. The highest BCUT2D eigenvalue weighted by Crippen LogP contribution is 2.30. The number of rotatable bonds is 8. The lowest BCUT2D eigenvalue weighted by Gasteiger charge is -2.11. The fourth-order valence-corrected chi connectivity index (χ4v) is 3.97. The van der Waals surface area contributed by atoms with E-state index >= 15 is 0 Å². The monoisotopic (exact) mass is 420 g/mol. The molecule has 0 N–H and O–H groups in total. The van der Waals surface area contributed by atoms with Crippen LogP contribution >= 0.6 is 11.8 Å².